The van der Waals surface area contributed by atoms with Gasteiger partial charge in [0, 0.05) is 28.2 Å². The first-order chi connectivity index (χ1) is 11.7. The van der Waals surface area contributed by atoms with Gasteiger partial charge >= 0.3 is 0 Å². The van der Waals surface area contributed by atoms with E-state index in [1.807, 2.05) is 60.8 Å². The molecule has 0 bridgehead atoms. The Morgan fingerprint density at radius 2 is 1.88 bits per heavy atom. The number of nitrogens with one attached hydrogen (secondary N) is 1. The van der Waals surface area contributed by atoms with Crippen LogP contribution in [0.25, 0.3) is 5.69 Å². The highest BCUT2D eigenvalue weighted by atomic mass is 35.5. The smallest absolute Gasteiger partial charge is 0.230 e. The minimum atomic E-state index is -0.0117. The van der Waals surface area contributed by atoms with Crippen molar-refractivity contribution in [2.24, 2.45) is 0 Å². The predicted molar refractivity (Wildman–Crippen MR) is 97.6 cm³/mol. The van der Waals surface area contributed by atoms with Crippen molar-refractivity contribution >= 4 is 29.3 Å². The number of halogens is 1. The van der Waals surface area contributed by atoms with E-state index in [-0.39, 0.29) is 5.91 Å². The van der Waals surface area contributed by atoms with Gasteiger partial charge in [-0.25, -0.2) is 4.68 Å². The minimum Gasteiger partial charge on any atom is -0.351 e. The highest BCUT2D eigenvalue weighted by Crippen LogP contribution is 2.20. The number of carbonyl (C=O) groups is 1. The second-order valence-electron chi connectivity index (χ2n) is 5.15. The van der Waals surface area contributed by atoms with Crippen molar-refractivity contribution in [1.82, 2.24) is 15.1 Å². The Kier molecular flexibility index (Phi) is 5.56. The molecule has 2 aromatic carbocycles. The lowest BCUT2D eigenvalue weighted by molar-refractivity contribution is -0.118. The average molecular weight is 358 g/mol. The van der Waals surface area contributed by atoms with E-state index in [1.54, 1.807) is 10.9 Å². The molecule has 3 aromatic rings. The van der Waals surface area contributed by atoms with Gasteiger partial charge in [-0.2, -0.15) is 5.10 Å². The van der Waals surface area contributed by atoms with E-state index in [9.17, 15) is 4.79 Å². The van der Waals surface area contributed by atoms with E-state index in [1.165, 1.54) is 11.8 Å². The van der Waals surface area contributed by atoms with Crippen LogP contribution >= 0.6 is 23.4 Å². The summed E-state index contributed by atoms with van der Waals surface area (Å²) in [6.07, 6.45) is 3.68. The van der Waals surface area contributed by atoms with Crippen molar-refractivity contribution < 1.29 is 4.79 Å². The van der Waals surface area contributed by atoms with E-state index in [0.717, 1.165) is 16.1 Å². The first-order valence-electron chi connectivity index (χ1n) is 7.45. The van der Waals surface area contributed by atoms with Crippen LogP contribution < -0.4 is 5.32 Å². The maximum absolute atomic E-state index is 11.9. The molecule has 0 saturated heterocycles. The number of aromatic nitrogens is 2. The van der Waals surface area contributed by atoms with Crippen molar-refractivity contribution in [2.75, 3.05) is 5.75 Å². The highest BCUT2D eigenvalue weighted by Gasteiger charge is 2.05. The van der Waals surface area contributed by atoms with Crippen LogP contribution in [0.5, 0.6) is 0 Å². The fraction of sp³-hybridized carbons (Fsp3) is 0.111. The van der Waals surface area contributed by atoms with Crippen LogP contribution in [0.4, 0.5) is 0 Å². The minimum absolute atomic E-state index is 0.0117. The maximum atomic E-state index is 11.9. The number of nitrogens with zero attached hydrogens (tertiary/aromatic N) is 2. The molecule has 0 radical (unpaired) electrons. The molecule has 1 N–H and O–H groups in total. The van der Waals surface area contributed by atoms with E-state index >= 15 is 0 Å². The van der Waals surface area contributed by atoms with E-state index in [0.29, 0.717) is 17.3 Å². The average Bonchev–Trinajstić information content (AvgIpc) is 3.09. The van der Waals surface area contributed by atoms with Gasteiger partial charge in [-0.15, -0.1) is 11.8 Å². The molecule has 0 unspecified atom stereocenters. The van der Waals surface area contributed by atoms with Gasteiger partial charge in [0.15, 0.2) is 0 Å². The zero-order valence-electron chi connectivity index (χ0n) is 12.9. The first kappa shape index (κ1) is 16.6. The Hall–Kier alpha value is -2.24. The van der Waals surface area contributed by atoms with Crippen molar-refractivity contribution in [1.29, 1.82) is 0 Å². The molecule has 0 spiro atoms. The number of hydrogen-bond acceptors (Lipinski definition) is 3. The summed E-state index contributed by atoms with van der Waals surface area (Å²) in [5, 5.41) is 7.91. The van der Waals surface area contributed by atoms with Gasteiger partial charge in [-0.05, 0) is 36.4 Å². The van der Waals surface area contributed by atoms with Crippen LogP contribution in [0.1, 0.15) is 5.56 Å². The lowest BCUT2D eigenvalue weighted by Gasteiger charge is -2.04. The molecule has 0 saturated carbocycles. The van der Waals surface area contributed by atoms with E-state index < -0.39 is 0 Å². The predicted octanol–water partition coefficient (Wildman–Crippen LogP) is 3.93. The zero-order valence-corrected chi connectivity index (χ0v) is 14.4. The molecule has 24 heavy (non-hydrogen) atoms. The molecule has 0 atom stereocenters. The molecule has 1 amide bonds. The van der Waals surface area contributed by atoms with Gasteiger partial charge in [-0.1, -0.05) is 29.8 Å². The van der Waals surface area contributed by atoms with Crippen molar-refractivity contribution in [3.63, 3.8) is 0 Å². The topological polar surface area (TPSA) is 46.9 Å². The SMILES string of the molecule is O=C(CSc1ccc(Cl)cc1)NCc1cnn(-c2ccccc2)c1. The summed E-state index contributed by atoms with van der Waals surface area (Å²) < 4.78 is 1.80. The number of para-hydroxylation sites is 1. The van der Waals surface area contributed by atoms with Crippen LogP contribution in [-0.2, 0) is 11.3 Å². The molecule has 0 fully saturated rings. The Morgan fingerprint density at radius 3 is 2.62 bits per heavy atom. The van der Waals surface area contributed by atoms with Crippen molar-refractivity contribution in [3.8, 4) is 5.69 Å². The zero-order chi connectivity index (χ0) is 16.8. The summed E-state index contributed by atoms with van der Waals surface area (Å²) in [6, 6.07) is 17.3. The van der Waals surface area contributed by atoms with Gasteiger partial charge in [0.25, 0.3) is 0 Å². The number of benzene rings is 2. The van der Waals surface area contributed by atoms with Crippen LogP contribution in [-0.4, -0.2) is 21.4 Å². The van der Waals surface area contributed by atoms with Gasteiger partial charge in [-0.3, -0.25) is 4.79 Å². The third kappa shape index (κ3) is 4.63. The number of rotatable bonds is 6. The molecule has 1 aromatic heterocycles. The van der Waals surface area contributed by atoms with Crippen LogP contribution in [0.2, 0.25) is 5.02 Å². The summed E-state index contributed by atoms with van der Waals surface area (Å²) in [5.41, 5.74) is 1.96. The van der Waals surface area contributed by atoms with Crippen LogP contribution in [0.3, 0.4) is 0 Å². The summed E-state index contributed by atoms with van der Waals surface area (Å²) in [6.45, 7) is 0.465. The molecule has 0 aliphatic carbocycles. The number of carbonyl (C=O) groups excluding carboxylic acids is 1. The standard InChI is InChI=1S/C18H16ClN3OS/c19-15-6-8-17(9-7-15)24-13-18(23)20-10-14-11-21-22(12-14)16-4-2-1-3-5-16/h1-9,11-12H,10,13H2,(H,20,23). The number of thioether (sulfide) groups is 1. The quantitative estimate of drug-likeness (QED) is 0.680. The molecule has 0 aliphatic heterocycles. The molecular weight excluding hydrogens is 342 g/mol. The third-order valence-corrected chi connectivity index (χ3v) is 4.59. The first-order valence-corrected chi connectivity index (χ1v) is 8.81. The Balaban J connectivity index is 1.48. The normalized spacial score (nSPS) is 10.5. The molecule has 1 heterocycles. The molecule has 0 aliphatic rings. The maximum Gasteiger partial charge on any atom is 0.230 e. The second kappa shape index (κ2) is 8.04. The summed E-state index contributed by atoms with van der Waals surface area (Å²) in [4.78, 5) is 13.0. The fourth-order valence-corrected chi connectivity index (χ4v) is 2.96. The fourth-order valence-electron chi connectivity index (χ4n) is 2.10. The summed E-state index contributed by atoms with van der Waals surface area (Å²) >= 11 is 7.32. The monoisotopic (exact) mass is 357 g/mol. The summed E-state index contributed by atoms with van der Waals surface area (Å²) in [5.74, 6) is 0.358. The van der Waals surface area contributed by atoms with Crippen LogP contribution in [0, 0.1) is 0 Å². The second-order valence-corrected chi connectivity index (χ2v) is 6.63. The lowest BCUT2D eigenvalue weighted by Crippen LogP contribution is -2.24. The molecule has 6 heteroatoms. The van der Waals surface area contributed by atoms with Crippen molar-refractivity contribution in [3.05, 3.63) is 77.6 Å². The van der Waals surface area contributed by atoms with Crippen LogP contribution in [0.15, 0.2) is 71.9 Å². The molecule has 4 nitrogen and oxygen atoms in total. The van der Waals surface area contributed by atoms with E-state index in [2.05, 4.69) is 10.4 Å². The molecule has 122 valence electrons. The van der Waals surface area contributed by atoms with Gasteiger partial charge in [0.05, 0.1) is 17.6 Å². The van der Waals surface area contributed by atoms with Gasteiger partial charge < -0.3 is 5.32 Å². The molecule has 3 rings (SSSR count). The third-order valence-electron chi connectivity index (χ3n) is 3.33. The van der Waals surface area contributed by atoms with E-state index in [4.69, 9.17) is 11.6 Å². The summed E-state index contributed by atoms with van der Waals surface area (Å²) in [7, 11) is 0. The highest BCUT2D eigenvalue weighted by molar-refractivity contribution is 8.00. The largest absolute Gasteiger partial charge is 0.351 e. The Bertz CT molecular complexity index is 803. The lowest BCUT2D eigenvalue weighted by atomic mass is 10.3. The van der Waals surface area contributed by atoms with Crippen molar-refractivity contribution in [2.45, 2.75) is 11.4 Å². The Labute approximate surface area is 149 Å². The molecular formula is C18H16ClN3OS. The Morgan fingerprint density at radius 1 is 1.12 bits per heavy atom. The van der Waals surface area contributed by atoms with Gasteiger partial charge in [0.2, 0.25) is 5.91 Å². The van der Waals surface area contributed by atoms with Gasteiger partial charge in [0.1, 0.15) is 0 Å². The number of amides is 1. The number of hydrogen-bond donors (Lipinski definition) is 1.